The van der Waals surface area contributed by atoms with Gasteiger partial charge in [-0.1, -0.05) is 54.6 Å². The molecule has 0 radical (unpaired) electrons. The van der Waals surface area contributed by atoms with Crippen molar-refractivity contribution in [1.82, 2.24) is 5.32 Å². The lowest BCUT2D eigenvalue weighted by Gasteiger charge is -2.24. The van der Waals surface area contributed by atoms with Crippen LogP contribution in [-0.4, -0.2) is 17.6 Å². The van der Waals surface area contributed by atoms with Crippen molar-refractivity contribution in [2.45, 2.75) is 18.4 Å². The third-order valence-electron chi connectivity index (χ3n) is 4.88. The molecule has 0 saturated heterocycles. The smallest absolute Gasteiger partial charge is 0.251 e. The van der Waals surface area contributed by atoms with Crippen LogP contribution in [0.4, 0.5) is 0 Å². The van der Waals surface area contributed by atoms with E-state index in [0.717, 1.165) is 22.8 Å². The average molecular weight is 317 g/mol. The summed E-state index contributed by atoms with van der Waals surface area (Å²) in [6.07, 6.45) is 1.49. The van der Waals surface area contributed by atoms with Gasteiger partial charge in [0.05, 0.1) is 6.54 Å². The Labute approximate surface area is 140 Å². The van der Waals surface area contributed by atoms with Gasteiger partial charge in [0.1, 0.15) is 5.60 Å². The molecule has 0 bridgehead atoms. The maximum absolute atomic E-state index is 12.5. The lowest BCUT2D eigenvalue weighted by Crippen LogP contribution is -2.39. The Morgan fingerprint density at radius 3 is 2.62 bits per heavy atom. The van der Waals surface area contributed by atoms with Crippen LogP contribution in [-0.2, 0) is 12.0 Å². The fraction of sp³-hybridized carbons (Fsp3) is 0.190. The van der Waals surface area contributed by atoms with Crippen molar-refractivity contribution in [3.05, 3.63) is 83.4 Å². The molecular formula is C21H19NO2. The van der Waals surface area contributed by atoms with Crippen molar-refractivity contribution >= 4 is 16.7 Å². The Hall–Kier alpha value is -2.65. The van der Waals surface area contributed by atoms with Gasteiger partial charge in [-0.25, -0.2) is 0 Å². The fourth-order valence-electron chi connectivity index (χ4n) is 3.51. The third kappa shape index (κ3) is 2.57. The van der Waals surface area contributed by atoms with E-state index in [9.17, 15) is 9.90 Å². The number of aliphatic hydroxyl groups is 1. The summed E-state index contributed by atoms with van der Waals surface area (Å²) < 4.78 is 0. The molecule has 1 aliphatic carbocycles. The Bertz CT molecular complexity index is 918. The van der Waals surface area contributed by atoms with Crippen molar-refractivity contribution in [3.8, 4) is 0 Å². The van der Waals surface area contributed by atoms with E-state index in [0.29, 0.717) is 12.0 Å². The number of nitrogens with one attached hydrogen (secondary N) is 1. The van der Waals surface area contributed by atoms with E-state index < -0.39 is 5.60 Å². The van der Waals surface area contributed by atoms with Crippen LogP contribution in [0, 0.1) is 0 Å². The van der Waals surface area contributed by atoms with Gasteiger partial charge in [0.15, 0.2) is 0 Å². The van der Waals surface area contributed by atoms with Crippen LogP contribution in [0.1, 0.15) is 27.9 Å². The van der Waals surface area contributed by atoms with Gasteiger partial charge in [-0.3, -0.25) is 4.79 Å². The highest BCUT2D eigenvalue weighted by Gasteiger charge is 2.36. The summed E-state index contributed by atoms with van der Waals surface area (Å²) in [5, 5.41) is 15.9. The molecule has 0 saturated carbocycles. The van der Waals surface area contributed by atoms with Crippen LogP contribution >= 0.6 is 0 Å². The van der Waals surface area contributed by atoms with E-state index in [1.54, 1.807) is 0 Å². The molecule has 1 unspecified atom stereocenters. The zero-order chi connectivity index (χ0) is 16.6. The molecule has 3 nitrogen and oxygen atoms in total. The van der Waals surface area contributed by atoms with E-state index in [4.69, 9.17) is 0 Å². The van der Waals surface area contributed by atoms with Crippen LogP contribution in [0.2, 0.25) is 0 Å². The molecule has 3 heteroatoms. The molecule has 3 aromatic rings. The molecule has 1 amide bonds. The van der Waals surface area contributed by atoms with Crippen LogP contribution in [0.15, 0.2) is 66.7 Å². The molecular weight excluding hydrogens is 298 g/mol. The number of hydrogen-bond donors (Lipinski definition) is 2. The van der Waals surface area contributed by atoms with E-state index in [1.807, 2.05) is 66.7 Å². The molecule has 4 rings (SSSR count). The second-order valence-electron chi connectivity index (χ2n) is 6.43. The first-order valence-corrected chi connectivity index (χ1v) is 8.23. The van der Waals surface area contributed by atoms with Crippen molar-refractivity contribution in [2.75, 3.05) is 6.54 Å². The van der Waals surface area contributed by atoms with Crippen molar-refractivity contribution < 1.29 is 9.90 Å². The first kappa shape index (κ1) is 14.9. The van der Waals surface area contributed by atoms with E-state index in [2.05, 4.69) is 5.32 Å². The lowest BCUT2D eigenvalue weighted by atomic mass is 9.96. The van der Waals surface area contributed by atoms with Crippen molar-refractivity contribution in [1.29, 1.82) is 0 Å². The van der Waals surface area contributed by atoms with Gasteiger partial charge in [-0.05, 0) is 46.9 Å². The Morgan fingerprint density at radius 2 is 1.75 bits per heavy atom. The van der Waals surface area contributed by atoms with Gasteiger partial charge >= 0.3 is 0 Å². The van der Waals surface area contributed by atoms with Crippen LogP contribution in [0.25, 0.3) is 10.8 Å². The quantitative estimate of drug-likeness (QED) is 0.778. The minimum absolute atomic E-state index is 0.154. The van der Waals surface area contributed by atoms with Crippen LogP contribution in [0.3, 0.4) is 0 Å². The SMILES string of the molecule is O=C(NCC1(O)CCc2ccccc21)c1ccc2ccccc2c1. The van der Waals surface area contributed by atoms with Gasteiger partial charge in [0.2, 0.25) is 0 Å². The molecule has 1 atom stereocenters. The van der Waals surface area contributed by atoms with E-state index in [1.165, 1.54) is 5.56 Å². The molecule has 120 valence electrons. The first-order chi connectivity index (χ1) is 11.7. The maximum atomic E-state index is 12.5. The molecule has 0 aromatic heterocycles. The number of aryl methyl sites for hydroxylation is 1. The predicted octanol–water partition coefficient (Wildman–Crippen LogP) is 3.40. The highest BCUT2D eigenvalue weighted by Crippen LogP contribution is 2.36. The molecule has 24 heavy (non-hydrogen) atoms. The first-order valence-electron chi connectivity index (χ1n) is 8.23. The van der Waals surface area contributed by atoms with Gasteiger partial charge in [0, 0.05) is 5.56 Å². The summed E-state index contributed by atoms with van der Waals surface area (Å²) >= 11 is 0. The van der Waals surface area contributed by atoms with E-state index in [-0.39, 0.29) is 12.5 Å². The Kier molecular flexibility index (Phi) is 3.58. The zero-order valence-corrected chi connectivity index (χ0v) is 13.3. The standard InChI is InChI=1S/C21H19NO2/c23-20(18-10-9-15-5-1-2-7-17(15)13-18)22-14-21(24)12-11-16-6-3-4-8-19(16)21/h1-10,13,24H,11-12,14H2,(H,22,23). The van der Waals surface area contributed by atoms with Gasteiger partial charge in [-0.2, -0.15) is 0 Å². The Balaban J connectivity index is 1.52. The second kappa shape index (κ2) is 5.77. The monoisotopic (exact) mass is 317 g/mol. The summed E-state index contributed by atoms with van der Waals surface area (Å²) in [5.74, 6) is -0.154. The molecule has 0 aliphatic heterocycles. The minimum Gasteiger partial charge on any atom is -0.383 e. The number of carbonyl (C=O) groups excluding carboxylic acids is 1. The van der Waals surface area contributed by atoms with Gasteiger partial charge < -0.3 is 10.4 Å². The average Bonchev–Trinajstić information content (AvgIpc) is 2.97. The topological polar surface area (TPSA) is 49.3 Å². The molecule has 1 aliphatic rings. The number of benzene rings is 3. The predicted molar refractivity (Wildman–Crippen MR) is 94.9 cm³/mol. The fourth-order valence-corrected chi connectivity index (χ4v) is 3.51. The van der Waals surface area contributed by atoms with E-state index >= 15 is 0 Å². The number of amides is 1. The third-order valence-corrected chi connectivity index (χ3v) is 4.88. The van der Waals surface area contributed by atoms with Crippen LogP contribution < -0.4 is 5.32 Å². The normalized spacial score (nSPS) is 19.2. The number of rotatable bonds is 3. The molecule has 0 heterocycles. The van der Waals surface area contributed by atoms with Crippen molar-refractivity contribution in [3.63, 3.8) is 0 Å². The summed E-state index contributed by atoms with van der Waals surface area (Å²) in [4.78, 5) is 12.5. The Morgan fingerprint density at radius 1 is 1.00 bits per heavy atom. The summed E-state index contributed by atoms with van der Waals surface area (Å²) in [5.41, 5.74) is 1.75. The molecule has 3 aromatic carbocycles. The number of fused-ring (bicyclic) bond motifs is 2. The highest BCUT2D eigenvalue weighted by molar-refractivity contribution is 5.98. The maximum Gasteiger partial charge on any atom is 0.251 e. The zero-order valence-electron chi connectivity index (χ0n) is 13.3. The van der Waals surface area contributed by atoms with Gasteiger partial charge in [-0.15, -0.1) is 0 Å². The van der Waals surface area contributed by atoms with Crippen LogP contribution in [0.5, 0.6) is 0 Å². The lowest BCUT2D eigenvalue weighted by molar-refractivity contribution is 0.0369. The summed E-state index contributed by atoms with van der Waals surface area (Å²) in [6, 6.07) is 21.5. The number of hydrogen-bond acceptors (Lipinski definition) is 2. The largest absolute Gasteiger partial charge is 0.383 e. The molecule has 0 fully saturated rings. The number of carbonyl (C=O) groups is 1. The molecule has 2 N–H and O–H groups in total. The summed E-state index contributed by atoms with van der Waals surface area (Å²) in [7, 11) is 0. The van der Waals surface area contributed by atoms with Crippen molar-refractivity contribution in [2.24, 2.45) is 0 Å². The second-order valence-corrected chi connectivity index (χ2v) is 6.43. The molecule has 0 spiro atoms. The van der Waals surface area contributed by atoms with Gasteiger partial charge in [0.25, 0.3) is 5.91 Å². The summed E-state index contributed by atoms with van der Waals surface area (Å²) in [6.45, 7) is 0.232. The minimum atomic E-state index is -0.969. The highest BCUT2D eigenvalue weighted by atomic mass is 16.3.